The van der Waals surface area contributed by atoms with Gasteiger partial charge in [-0.25, -0.2) is 13.6 Å². The Morgan fingerprint density at radius 1 is 1.15 bits per heavy atom. The van der Waals surface area contributed by atoms with Crippen LogP contribution >= 0.6 is 11.6 Å². The van der Waals surface area contributed by atoms with Crippen molar-refractivity contribution >= 4 is 34.9 Å². The van der Waals surface area contributed by atoms with Gasteiger partial charge in [0.1, 0.15) is 5.69 Å². The molecule has 142 valence electrons. The number of benzene rings is 2. The van der Waals surface area contributed by atoms with Crippen LogP contribution in [0.5, 0.6) is 0 Å². The minimum absolute atomic E-state index is 0.0602. The second-order valence-electron chi connectivity index (χ2n) is 5.58. The van der Waals surface area contributed by atoms with E-state index >= 15 is 0 Å². The number of aryl methyl sites for hydroxylation is 2. The first-order chi connectivity index (χ1) is 12.6. The highest BCUT2D eigenvalue weighted by Gasteiger charge is 2.20. The smallest absolute Gasteiger partial charge is 0.340 e. The lowest BCUT2D eigenvalue weighted by atomic mass is 10.1. The maximum absolute atomic E-state index is 13.2. The first-order valence-electron chi connectivity index (χ1n) is 7.47. The fourth-order valence-electron chi connectivity index (χ4n) is 2.13. The van der Waals surface area contributed by atoms with Crippen molar-refractivity contribution in [3.63, 3.8) is 0 Å². The number of amides is 1. The number of nitrogens with zero attached hydrogens (tertiary/aromatic N) is 1. The lowest BCUT2D eigenvalue weighted by molar-refractivity contribution is -0.384. The van der Waals surface area contributed by atoms with Crippen LogP contribution in [0.2, 0.25) is 5.02 Å². The summed E-state index contributed by atoms with van der Waals surface area (Å²) in [5, 5.41) is 13.0. The van der Waals surface area contributed by atoms with Gasteiger partial charge in [-0.15, -0.1) is 0 Å². The van der Waals surface area contributed by atoms with Crippen molar-refractivity contribution in [2.45, 2.75) is 13.8 Å². The van der Waals surface area contributed by atoms with Crippen LogP contribution in [0.3, 0.4) is 0 Å². The Bertz CT molecular complexity index is 949. The summed E-state index contributed by atoms with van der Waals surface area (Å²) in [6, 6.07) is 3.87. The summed E-state index contributed by atoms with van der Waals surface area (Å²) in [4.78, 5) is 34.3. The summed E-state index contributed by atoms with van der Waals surface area (Å²) in [5.41, 5.74) is 0.539. The average Bonchev–Trinajstić information content (AvgIpc) is 2.58. The van der Waals surface area contributed by atoms with Gasteiger partial charge in [0, 0.05) is 6.07 Å². The number of nitrogens with one attached hydrogen (secondary N) is 1. The molecule has 0 heterocycles. The van der Waals surface area contributed by atoms with Crippen LogP contribution in [0.1, 0.15) is 21.5 Å². The number of halogens is 3. The Kier molecular flexibility index (Phi) is 6.06. The SMILES string of the molecule is Cc1cc(NC(=O)COC(=O)c2cc(F)c(F)cc2Cl)c([N+](=O)[O-])cc1C. The van der Waals surface area contributed by atoms with Crippen molar-refractivity contribution in [3.05, 3.63) is 67.7 Å². The molecule has 7 nitrogen and oxygen atoms in total. The average molecular weight is 399 g/mol. The predicted octanol–water partition coefficient (Wildman–Crippen LogP) is 3.94. The fourth-order valence-corrected chi connectivity index (χ4v) is 2.35. The van der Waals surface area contributed by atoms with Crippen molar-refractivity contribution in [2.75, 3.05) is 11.9 Å². The Morgan fingerprint density at radius 2 is 1.74 bits per heavy atom. The quantitative estimate of drug-likeness (QED) is 0.356. The molecule has 0 spiro atoms. The van der Waals surface area contributed by atoms with Gasteiger partial charge in [-0.2, -0.15) is 0 Å². The van der Waals surface area contributed by atoms with E-state index in [-0.39, 0.29) is 16.4 Å². The zero-order chi connectivity index (χ0) is 20.3. The molecule has 1 amide bonds. The number of hydrogen-bond acceptors (Lipinski definition) is 5. The maximum atomic E-state index is 13.2. The maximum Gasteiger partial charge on any atom is 0.340 e. The van der Waals surface area contributed by atoms with E-state index in [1.165, 1.54) is 12.1 Å². The van der Waals surface area contributed by atoms with Crippen LogP contribution in [0.25, 0.3) is 0 Å². The number of hydrogen-bond donors (Lipinski definition) is 1. The van der Waals surface area contributed by atoms with E-state index in [0.717, 1.165) is 0 Å². The second kappa shape index (κ2) is 8.09. The molecule has 0 saturated carbocycles. The number of nitro benzene ring substituents is 1. The van der Waals surface area contributed by atoms with E-state index in [9.17, 15) is 28.5 Å². The van der Waals surface area contributed by atoms with Gasteiger partial charge in [0.25, 0.3) is 11.6 Å². The van der Waals surface area contributed by atoms with Crippen molar-refractivity contribution in [1.82, 2.24) is 0 Å². The standard InChI is InChI=1S/C17H13ClF2N2O5/c1-8-3-14(15(22(25)26)4-9(8)2)21-16(23)7-27-17(24)10-5-12(19)13(20)6-11(10)18/h3-6H,7H2,1-2H3,(H,21,23). The Balaban J connectivity index is 2.09. The van der Waals surface area contributed by atoms with E-state index in [1.54, 1.807) is 13.8 Å². The normalized spacial score (nSPS) is 10.4. The molecule has 27 heavy (non-hydrogen) atoms. The third-order valence-corrected chi connectivity index (χ3v) is 3.96. The Labute approximate surface area is 157 Å². The zero-order valence-electron chi connectivity index (χ0n) is 14.1. The van der Waals surface area contributed by atoms with Gasteiger partial charge < -0.3 is 10.1 Å². The molecule has 0 aliphatic heterocycles. The Morgan fingerprint density at radius 3 is 2.37 bits per heavy atom. The highest BCUT2D eigenvalue weighted by atomic mass is 35.5. The molecule has 0 aromatic heterocycles. The van der Waals surface area contributed by atoms with Crippen LogP contribution in [0.15, 0.2) is 24.3 Å². The largest absolute Gasteiger partial charge is 0.452 e. The molecular weight excluding hydrogens is 386 g/mol. The Hall–Kier alpha value is -3.07. The molecule has 0 atom stereocenters. The molecule has 2 aromatic rings. The van der Waals surface area contributed by atoms with Crippen molar-refractivity contribution in [3.8, 4) is 0 Å². The molecular formula is C17H13ClF2N2O5. The number of esters is 1. The number of rotatable bonds is 5. The number of ether oxygens (including phenoxy) is 1. The number of carbonyl (C=O) groups is 2. The molecule has 0 aliphatic rings. The predicted molar refractivity (Wildman–Crippen MR) is 92.9 cm³/mol. The summed E-state index contributed by atoms with van der Waals surface area (Å²) in [5.74, 6) is -4.55. The summed E-state index contributed by atoms with van der Waals surface area (Å²) in [6.45, 7) is 2.58. The molecule has 2 aromatic carbocycles. The van der Waals surface area contributed by atoms with E-state index in [0.29, 0.717) is 23.3 Å². The molecule has 0 unspecified atom stereocenters. The molecule has 0 aliphatic carbocycles. The second-order valence-corrected chi connectivity index (χ2v) is 5.99. The monoisotopic (exact) mass is 398 g/mol. The van der Waals surface area contributed by atoms with Crippen LogP contribution in [-0.2, 0) is 9.53 Å². The summed E-state index contributed by atoms with van der Waals surface area (Å²) < 4.78 is 30.9. The van der Waals surface area contributed by atoms with Gasteiger partial charge in [0.05, 0.1) is 15.5 Å². The van der Waals surface area contributed by atoms with Crippen molar-refractivity contribution in [1.29, 1.82) is 0 Å². The number of carbonyl (C=O) groups excluding carboxylic acids is 2. The van der Waals surface area contributed by atoms with E-state index < -0.39 is 40.6 Å². The highest BCUT2D eigenvalue weighted by Crippen LogP contribution is 2.28. The van der Waals surface area contributed by atoms with Gasteiger partial charge in [-0.1, -0.05) is 11.6 Å². The minimum atomic E-state index is -1.30. The van der Waals surface area contributed by atoms with Gasteiger partial charge in [-0.05, 0) is 43.2 Å². The molecule has 0 radical (unpaired) electrons. The first-order valence-corrected chi connectivity index (χ1v) is 7.85. The van der Waals surface area contributed by atoms with Crippen LogP contribution in [0.4, 0.5) is 20.2 Å². The third-order valence-electron chi connectivity index (χ3n) is 3.65. The number of anilines is 1. The van der Waals surface area contributed by atoms with Crippen LogP contribution < -0.4 is 5.32 Å². The molecule has 10 heteroatoms. The lowest BCUT2D eigenvalue weighted by Gasteiger charge is -2.10. The van der Waals surface area contributed by atoms with E-state index in [4.69, 9.17) is 16.3 Å². The minimum Gasteiger partial charge on any atom is -0.452 e. The lowest BCUT2D eigenvalue weighted by Crippen LogP contribution is -2.21. The van der Waals surface area contributed by atoms with Crippen molar-refractivity contribution < 1.29 is 28.0 Å². The van der Waals surface area contributed by atoms with Gasteiger partial charge >= 0.3 is 5.97 Å². The van der Waals surface area contributed by atoms with E-state index in [2.05, 4.69) is 5.32 Å². The molecule has 0 fully saturated rings. The highest BCUT2D eigenvalue weighted by molar-refractivity contribution is 6.33. The molecule has 0 bridgehead atoms. The van der Waals surface area contributed by atoms with E-state index in [1.807, 2.05) is 0 Å². The van der Waals surface area contributed by atoms with Gasteiger partial charge in [0.15, 0.2) is 18.2 Å². The summed E-state index contributed by atoms with van der Waals surface area (Å²) in [7, 11) is 0. The summed E-state index contributed by atoms with van der Waals surface area (Å²) >= 11 is 5.65. The third kappa shape index (κ3) is 4.76. The van der Waals surface area contributed by atoms with Crippen molar-refractivity contribution in [2.24, 2.45) is 0 Å². The molecule has 1 N–H and O–H groups in total. The zero-order valence-corrected chi connectivity index (χ0v) is 14.9. The molecule has 2 rings (SSSR count). The van der Waals surface area contributed by atoms with Crippen LogP contribution in [0, 0.1) is 35.6 Å². The fraction of sp³-hybridized carbons (Fsp3) is 0.176. The summed E-state index contributed by atoms with van der Waals surface area (Å²) in [6.07, 6.45) is 0. The van der Waals surface area contributed by atoms with Gasteiger partial charge in [-0.3, -0.25) is 14.9 Å². The topological polar surface area (TPSA) is 98.5 Å². The van der Waals surface area contributed by atoms with Crippen LogP contribution in [-0.4, -0.2) is 23.4 Å². The number of nitro groups is 1. The molecule has 0 saturated heterocycles. The first kappa shape index (κ1) is 20.2. The van der Waals surface area contributed by atoms with Gasteiger partial charge in [0.2, 0.25) is 0 Å².